The zero-order chi connectivity index (χ0) is 8.32. The van der Waals surface area contributed by atoms with Crippen LogP contribution in [0.15, 0.2) is 0 Å². The van der Waals surface area contributed by atoms with Gasteiger partial charge in [0.15, 0.2) is 0 Å². The van der Waals surface area contributed by atoms with Crippen molar-refractivity contribution in [1.29, 1.82) is 0 Å². The minimum Gasteiger partial charge on any atom is -0.393 e. The second kappa shape index (κ2) is 3.78. The molecule has 1 fully saturated rings. The average molecular weight is 176 g/mol. The second-order valence-corrected chi connectivity index (χ2v) is 4.46. The zero-order valence-electron chi connectivity index (χ0n) is 6.92. The van der Waals surface area contributed by atoms with E-state index in [1.807, 2.05) is 11.8 Å². The van der Waals surface area contributed by atoms with E-state index in [9.17, 15) is 5.11 Å². The van der Waals surface area contributed by atoms with E-state index in [0.717, 1.165) is 25.7 Å². The van der Waals surface area contributed by atoms with E-state index in [4.69, 9.17) is 5.11 Å². The van der Waals surface area contributed by atoms with E-state index in [0.29, 0.717) is 5.25 Å². The van der Waals surface area contributed by atoms with Gasteiger partial charge in [0.2, 0.25) is 0 Å². The molecule has 2 N–H and O–H groups in total. The summed E-state index contributed by atoms with van der Waals surface area (Å²) in [5.74, 6) is 0. The van der Waals surface area contributed by atoms with E-state index >= 15 is 0 Å². The van der Waals surface area contributed by atoms with E-state index in [1.54, 1.807) is 0 Å². The average Bonchev–Trinajstić information content (AvgIpc) is 2.06. The Kier molecular flexibility index (Phi) is 3.22. The Labute approximate surface area is 72.0 Å². The Morgan fingerprint density at radius 2 is 2.00 bits per heavy atom. The van der Waals surface area contributed by atoms with E-state index in [1.165, 1.54) is 0 Å². The van der Waals surface area contributed by atoms with Gasteiger partial charge in [-0.1, -0.05) is 0 Å². The number of rotatable bonds is 2. The van der Waals surface area contributed by atoms with Gasteiger partial charge in [-0.2, -0.15) is 11.8 Å². The van der Waals surface area contributed by atoms with Crippen LogP contribution in [0, 0.1) is 0 Å². The van der Waals surface area contributed by atoms with Crippen LogP contribution in [0.25, 0.3) is 0 Å². The summed E-state index contributed by atoms with van der Waals surface area (Å²) in [6.07, 6.45) is 5.70. The van der Waals surface area contributed by atoms with Crippen LogP contribution in [-0.4, -0.2) is 33.9 Å². The van der Waals surface area contributed by atoms with Gasteiger partial charge in [-0.3, -0.25) is 0 Å². The van der Waals surface area contributed by atoms with Gasteiger partial charge in [-0.15, -0.1) is 0 Å². The minimum absolute atomic E-state index is 0.0753. The van der Waals surface area contributed by atoms with Gasteiger partial charge in [0.25, 0.3) is 0 Å². The van der Waals surface area contributed by atoms with Crippen LogP contribution >= 0.6 is 11.8 Å². The van der Waals surface area contributed by atoms with Gasteiger partial charge in [-0.05, 0) is 31.9 Å². The fraction of sp³-hybridized carbons (Fsp3) is 1.00. The number of hydrogen-bond acceptors (Lipinski definition) is 3. The molecule has 66 valence electrons. The molecule has 0 atom stereocenters. The molecule has 0 aromatic rings. The van der Waals surface area contributed by atoms with Crippen molar-refractivity contribution in [2.24, 2.45) is 0 Å². The Bertz CT molecular complexity index is 119. The van der Waals surface area contributed by atoms with Crippen LogP contribution in [0.5, 0.6) is 0 Å². The first-order valence-corrected chi connectivity index (χ1v) is 5.35. The highest BCUT2D eigenvalue weighted by Crippen LogP contribution is 2.32. The van der Waals surface area contributed by atoms with Gasteiger partial charge in [0, 0.05) is 5.25 Å². The number of thioether (sulfide) groups is 1. The third-order valence-corrected chi connectivity index (χ3v) is 3.63. The lowest BCUT2D eigenvalue weighted by Crippen LogP contribution is -2.38. The summed E-state index contributed by atoms with van der Waals surface area (Å²) in [7, 11) is 0. The minimum atomic E-state index is -0.758. The number of aliphatic hydroxyl groups excluding tert-OH is 1. The molecule has 1 aliphatic rings. The van der Waals surface area contributed by atoms with Crippen molar-refractivity contribution in [3.63, 3.8) is 0 Å². The van der Waals surface area contributed by atoms with Gasteiger partial charge < -0.3 is 10.2 Å². The number of aliphatic hydroxyl groups is 2. The standard InChI is InChI=1S/C8H16O2S/c1-11-7-2-4-8(10,6-9)5-3-7/h7,9-10H,2-6H2,1H3. The first kappa shape index (κ1) is 9.36. The maximum absolute atomic E-state index is 9.63. The van der Waals surface area contributed by atoms with Crippen LogP contribution in [-0.2, 0) is 0 Å². The molecule has 0 aliphatic heterocycles. The molecule has 0 amide bonds. The molecular formula is C8H16O2S. The van der Waals surface area contributed by atoms with Crippen molar-refractivity contribution in [1.82, 2.24) is 0 Å². The van der Waals surface area contributed by atoms with E-state index < -0.39 is 5.60 Å². The maximum Gasteiger partial charge on any atom is 0.0878 e. The zero-order valence-corrected chi connectivity index (χ0v) is 7.73. The summed E-state index contributed by atoms with van der Waals surface area (Å²) in [4.78, 5) is 0. The Morgan fingerprint density at radius 3 is 2.36 bits per heavy atom. The molecule has 0 radical (unpaired) electrons. The summed E-state index contributed by atoms with van der Waals surface area (Å²) >= 11 is 1.86. The van der Waals surface area contributed by atoms with Crippen molar-refractivity contribution in [3.8, 4) is 0 Å². The van der Waals surface area contributed by atoms with Crippen LogP contribution in [0.3, 0.4) is 0 Å². The summed E-state index contributed by atoms with van der Waals surface area (Å²) in [5.41, 5.74) is -0.758. The summed E-state index contributed by atoms with van der Waals surface area (Å²) in [6, 6.07) is 0. The largest absolute Gasteiger partial charge is 0.393 e. The van der Waals surface area contributed by atoms with Crippen LogP contribution in [0.2, 0.25) is 0 Å². The molecule has 0 aromatic carbocycles. The Hall–Kier alpha value is 0.270. The maximum atomic E-state index is 9.63. The van der Waals surface area contributed by atoms with Gasteiger partial charge in [0.05, 0.1) is 12.2 Å². The molecule has 2 nitrogen and oxygen atoms in total. The topological polar surface area (TPSA) is 40.5 Å². The summed E-state index contributed by atoms with van der Waals surface area (Å²) < 4.78 is 0. The van der Waals surface area contributed by atoms with Crippen LogP contribution < -0.4 is 0 Å². The lowest BCUT2D eigenvalue weighted by atomic mass is 9.85. The lowest BCUT2D eigenvalue weighted by Gasteiger charge is -2.33. The lowest BCUT2D eigenvalue weighted by molar-refractivity contribution is -0.0408. The van der Waals surface area contributed by atoms with Crippen molar-refractivity contribution >= 4 is 11.8 Å². The van der Waals surface area contributed by atoms with Gasteiger partial charge >= 0.3 is 0 Å². The highest BCUT2D eigenvalue weighted by Gasteiger charge is 2.31. The van der Waals surface area contributed by atoms with Crippen molar-refractivity contribution in [2.45, 2.75) is 36.5 Å². The van der Waals surface area contributed by atoms with E-state index in [-0.39, 0.29) is 6.61 Å². The van der Waals surface area contributed by atoms with Crippen LogP contribution in [0.4, 0.5) is 0 Å². The van der Waals surface area contributed by atoms with E-state index in [2.05, 4.69) is 6.26 Å². The van der Waals surface area contributed by atoms with Gasteiger partial charge in [-0.25, -0.2) is 0 Å². The first-order chi connectivity index (χ1) is 5.20. The molecule has 0 heterocycles. The van der Waals surface area contributed by atoms with Crippen LogP contribution in [0.1, 0.15) is 25.7 Å². The fourth-order valence-corrected chi connectivity index (χ4v) is 2.23. The molecule has 0 bridgehead atoms. The van der Waals surface area contributed by atoms with Crippen molar-refractivity contribution in [3.05, 3.63) is 0 Å². The highest BCUT2D eigenvalue weighted by atomic mass is 32.2. The predicted molar refractivity (Wildman–Crippen MR) is 47.8 cm³/mol. The highest BCUT2D eigenvalue weighted by molar-refractivity contribution is 7.99. The summed E-state index contributed by atoms with van der Waals surface area (Å²) in [5, 5.41) is 19.2. The Morgan fingerprint density at radius 1 is 1.45 bits per heavy atom. The molecule has 0 saturated heterocycles. The molecule has 1 rings (SSSR count). The monoisotopic (exact) mass is 176 g/mol. The molecular weight excluding hydrogens is 160 g/mol. The molecule has 3 heteroatoms. The number of hydrogen-bond donors (Lipinski definition) is 2. The van der Waals surface area contributed by atoms with Crippen molar-refractivity contribution in [2.75, 3.05) is 12.9 Å². The fourth-order valence-electron chi connectivity index (χ4n) is 1.52. The molecule has 1 saturated carbocycles. The normalized spacial score (nSPS) is 39.0. The smallest absolute Gasteiger partial charge is 0.0878 e. The van der Waals surface area contributed by atoms with Gasteiger partial charge in [0.1, 0.15) is 0 Å². The third-order valence-electron chi connectivity index (χ3n) is 2.49. The van der Waals surface area contributed by atoms with Crippen molar-refractivity contribution < 1.29 is 10.2 Å². The second-order valence-electron chi connectivity index (χ2n) is 3.32. The first-order valence-electron chi connectivity index (χ1n) is 4.06. The molecule has 0 unspecified atom stereocenters. The predicted octanol–water partition coefficient (Wildman–Crippen LogP) is 1.02. The Balaban J connectivity index is 2.35. The molecule has 0 spiro atoms. The molecule has 1 aliphatic carbocycles. The molecule has 0 aromatic heterocycles. The third kappa shape index (κ3) is 2.36. The molecule has 11 heavy (non-hydrogen) atoms. The quantitative estimate of drug-likeness (QED) is 0.660. The summed E-state index contributed by atoms with van der Waals surface area (Å²) in [6.45, 7) is -0.0753. The SMILES string of the molecule is CSC1CCC(O)(CO)CC1.